The minimum Gasteiger partial charge on any atom is -0.474 e. The van der Waals surface area contributed by atoms with E-state index in [-0.39, 0.29) is 23.1 Å². The molecule has 0 aliphatic heterocycles. The van der Waals surface area contributed by atoms with Gasteiger partial charge >= 0.3 is 0 Å². The predicted molar refractivity (Wildman–Crippen MR) is 130 cm³/mol. The SMILES string of the molecule is CCC[C@@H](N[S@@](=O)C(C)(C)C)c1cnc(OC2CC(S(=O)(=O)CC)C2)c2cnc(Cl)cc12. The minimum atomic E-state index is -3.05. The Balaban J connectivity index is 1.91. The Bertz CT molecular complexity index is 1100. The third kappa shape index (κ3) is 5.61. The van der Waals surface area contributed by atoms with Crippen LogP contribution in [0.3, 0.4) is 0 Å². The standard InChI is InChI=1S/C22H32ClN3O4S2/c1-6-8-19(26-31(27)22(3,4)5)17-12-25-21(18-13-24-20(23)11-16(17)18)30-14-9-15(10-14)32(28,29)7-2/h11-15,19,26H,6-10H2,1-5H3/t14?,15?,19-,31+/m1/s1. The van der Waals surface area contributed by atoms with Gasteiger partial charge in [0.05, 0.1) is 26.4 Å². The summed E-state index contributed by atoms with van der Waals surface area (Å²) in [5.74, 6) is 0.558. The number of nitrogens with zero attached hydrogens (tertiary/aromatic N) is 2. The molecular formula is C22H32ClN3O4S2. The quantitative estimate of drug-likeness (QED) is 0.507. The smallest absolute Gasteiger partial charge is 0.223 e. The van der Waals surface area contributed by atoms with E-state index < -0.39 is 25.6 Å². The molecule has 2 aromatic rings. The molecule has 178 valence electrons. The largest absolute Gasteiger partial charge is 0.474 e. The second-order valence-electron chi connectivity index (χ2n) is 9.20. The van der Waals surface area contributed by atoms with Crippen LogP contribution in [0.1, 0.15) is 71.9 Å². The molecule has 1 fully saturated rings. The molecule has 32 heavy (non-hydrogen) atoms. The van der Waals surface area contributed by atoms with Crippen LogP contribution in [0.15, 0.2) is 18.5 Å². The first-order chi connectivity index (χ1) is 15.0. The van der Waals surface area contributed by atoms with Crippen molar-refractivity contribution in [2.24, 2.45) is 0 Å². The lowest BCUT2D eigenvalue weighted by atomic mass is 9.95. The Morgan fingerprint density at radius 1 is 1.22 bits per heavy atom. The predicted octanol–water partition coefficient (Wildman–Crippen LogP) is 4.52. The molecule has 1 aliphatic rings. The average Bonchev–Trinajstić information content (AvgIpc) is 2.68. The van der Waals surface area contributed by atoms with Gasteiger partial charge in [0.1, 0.15) is 11.3 Å². The molecule has 0 saturated heterocycles. The van der Waals surface area contributed by atoms with E-state index in [1.807, 2.05) is 20.8 Å². The van der Waals surface area contributed by atoms with Crippen molar-refractivity contribution in [2.75, 3.05) is 5.75 Å². The Hall–Kier alpha value is -1.29. The molecule has 2 heterocycles. The number of ether oxygens (including phenoxy) is 1. The summed E-state index contributed by atoms with van der Waals surface area (Å²) in [6.07, 6.45) is 5.77. The van der Waals surface area contributed by atoms with Gasteiger partial charge in [0.2, 0.25) is 5.88 Å². The Morgan fingerprint density at radius 3 is 2.50 bits per heavy atom. The fourth-order valence-electron chi connectivity index (χ4n) is 3.65. The van der Waals surface area contributed by atoms with Crippen LogP contribution in [0.2, 0.25) is 5.15 Å². The Labute approximate surface area is 198 Å². The van der Waals surface area contributed by atoms with Gasteiger partial charge < -0.3 is 4.74 Å². The van der Waals surface area contributed by atoms with Crippen molar-refractivity contribution >= 4 is 43.2 Å². The maximum Gasteiger partial charge on any atom is 0.223 e. The van der Waals surface area contributed by atoms with E-state index in [4.69, 9.17) is 16.3 Å². The average molecular weight is 502 g/mol. The number of rotatable bonds is 9. The van der Waals surface area contributed by atoms with Crippen LogP contribution in [0.5, 0.6) is 5.88 Å². The second kappa shape index (κ2) is 9.91. The number of hydrogen-bond acceptors (Lipinski definition) is 6. The van der Waals surface area contributed by atoms with Crippen LogP contribution < -0.4 is 9.46 Å². The zero-order valence-electron chi connectivity index (χ0n) is 19.2. The maximum atomic E-state index is 12.8. The first kappa shape index (κ1) is 25.3. The fourth-order valence-corrected chi connectivity index (χ4v) is 6.15. The highest BCUT2D eigenvalue weighted by atomic mass is 35.5. The molecule has 0 amide bonds. The van der Waals surface area contributed by atoms with Crippen LogP contribution in [0.4, 0.5) is 0 Å². The topological polar surface area (TPSA) is 98.2 Å². The van der Waals surface area contributed by atoms with E-state index in [1.165, 1.54) is 0 Å². The van der Waals surface area contributed by atoms with Crippen LogP contribution >= 0.6 is 11.6 Å². The van der Waals surface area contributed by atoms with E-state index in [0.717, 1.165) is 23.8 Å². The van der Waals surface area contributed by atoms with Crippen molar-refractivity contribution in [2.45, 2.75) is 82.4 Å². The summed E-state index contributed by atoms with van der Waals surface area (Å²) >= 11 is 6.21. The van der Waals surface area contributed by atoms with Crippen molar-refractivity contribution in [3.05, 3.63) is 29.2 Å². The van der Waals surface area contributed by atoms with Gasteiger partial charge in [0.25, 0.3) is 0 Å². The molecule has 7 nitrogen and oxygen atoms in total. The summed E-state index contributed by atoms with van der Waals surface area (Å²) in [4.78, 5) is 8.75. The second-order valence-corrected chi connectivity index (χ2v) is 14.2. The molecule has 1 saturated carbocycles. The highest BCUT2D eigenvalue weighted by Crippen LogP contribution is 2.36. The number of aromatic nitrogens is 2. The number of hydrogen-bond donors (Lipinski definition) is 1. The maximum absolute atomic E-state index is 12.8. The van der Waals surface area contributed by atoms with Crippen molar-refractivity contribution in [1.29, 1.82) is 0 Å². The van der Waals surface area contributed by atoms with E-state index in [2.05, 4.69) is 21.6 Å². The molecule has 10 heteroatoms. The van der Waals surface area contributed by atoms with Crippen LogP contribution in [0, 0.1) is 0 Å². The Kier molecular flexibility index (Phi) is 7.85. The summed E-state index contributed by atoms with van der Waals surface area (Å²) in [6.45, 7) is 9.53. The fraction of sp³-hybridized carbons (Fsp3) is 0.636. The minimum absolute atomic E-state index is 0.143. The van der Waals surface area contributed by atoms with E-state index in [9.17, 15) is 12.6 Å². The Morgan fingerprint density at radius 2 is 1.91 bits per heavy atom. The number of sulfone groups is 1. The lowest BCUT2D eigenvalue weighted by Gasteiger charge is -2.34. The van der Waals surface area contributed by atoms with Crippen molar-refractivity contribution in [3.8, 4) is 5.88 Å². The van der Waals surface area contributed by atoms with Gasteiger partial charge in [0.15, 0.2) is 9.84 Å². The molecule has 1 N–H and O–H groups in total. The highest BCUT2D eigenvalue weighted by molar-refractivity contribution is 7.92. The molecule has 0 spiro atoms. The van der Waals surface area contributed by atoms with Gasteiger partial charge in [-0.3, -0.25) is 0 Å². The van der Waals surface area contributed by atoms with E-state index >= 15 is 0 Å². The van der Waals surface area contributed by atoms with Gasteiger partial charge in [0, 0.05) is 37.0 Å². The zero-order chi connectivity index (χ0) is 23.7. The number of halogens is 1. The summed E-state index contributed by atoms with van der Waals surface area (Å²) < 4.78 is 45.8. The molecule has 0 aromatic carbocycles. The normalized spacial score (nSPS) is 21.2. The number of nitrogens with one attached hydrogen (secondary N) is 1. The lowest BCUT2D eigenvalue weighted by Crippen LogP contribution is -2.43. The summed E-state index contributed by atoms with van der Waals surface area (Å²) in [5.41, 5.74) is 0.885. The first-order valence-corrected chi connectivity index (χ1v) is 14.2. The van der Waals surface area contributed by atoms with Gasteiger partial charge in [-0.25, -0.2) is 27.3 Å². The molecule has 0 bridgehead atoms. The molecule has 2 aromatic heterocycles. The van der Waals surface area contributed by atoms with Gasteiger partial charge in [-0.05, 0) is 44.2 Å². The van der Waals surface area contributed by atoms with Crippen LogP contribution in [-0.2, 0) is 20.8 Å². The van der Waals surface area contributed by atoms with Crippen LogP contribution in [-0.4, -0.2) is 44.4 Å². The van der Waals surface area contributed by atoms with Crippen molar-refractivity contribution < 1.29 is 17.4 Å². The number of fused-ring (bicyclic) bond motifs is 1. The van der Waals surface area contributed by atoms with Gasteiger partial charge in [-0.2, -0.15) is 0 Å². The molecule has 1 aliphatic carbocycles. The van der Waals surface area contributed by atoms with Crippen molar-refractivity contribution in [1.82, 2.24) is 14.7 Å². The summed E-state index contributed by atoms with van der Waals surface area (Å²) in [7, 11) is -4.30. The lowest BCUT2D eigenvalue weighted by molar-refractivity contribution is 0.119. The van der Waals surface area contributed by atoms with E-state index in [0.29, 0.717) is 29.3 Å². The molecule has 0 unspecified atom stereocenters. The molecular weight excluding hydrogens is 470 g/mol. The number of pyridine rings is 2. The van der Waals surface area contributed by atoms with Crippen LogP contribution in [0.25, 0.3) is 10.8 Å². The summed E-state index contributed by atoms with van der Waals surface area (Å²) in [6, 6.07) is 1.60. The van der Waals surface area contributed by atoms with E-state index in [1.54, 1.807) is 25.4 Å². The third-order valence-corrected chi connectivity index (χ3v) is 9.75. The monoisotopic (exact) mass is 501 g/mol. The zero-order valence-corrected chi connectivity index (χ0v) is 21.6. The third-order valence-electron chi connectivity index (χ3n) is 5.73. The van der Waals surface area contributed by atoms with Gasteiger partial charge in [-0.15, -0.1) is 0 Å². The molecule has 0 radical (unpaired) electrons. The summed E-state index contributed by atoms with van der Waals surface area (Å²) in [5, 5.41) is 1.55. The molecule has 3 rings (SSSR count). The first-order valence-electron chi connectivity index (χ1n) is 11.0. The van der Waals surface area contributed by atoms with Gasteiger partial charge in [-0.1, -0.05) is 31.9 Å². The highest BCUT2D eigenvalue weighted by Gasteiger charge is 2.39. The van der Waals surface area contributed by atoms with Crippen molar-refractivity contribution in [3.63, 3.8) is 0 Å². The molecule has 2 atom stereocenters.